The topological polar surface area (TPSA) is 54.0 Å². The first-order chi connectivity index (χ1) is 12.6. The summed E-state index contributed by atoms with van der Waals surface area (Å²) < 4.78 is 21.2. The first kappa shape index (κ1) is 19.7. The normalized spacial score (nSPS) is 10.7. The summed E-state index contributed by atoms with van der Waals surface area (Å²) in [5.41, 5.74) is 1.27. The lowest BCUT2D eigenvalue weighted by molar-refractivity contribution is 0.104. The standard InChI is InChI=1S/C20H22O5S/c1-22-16-9-7-13(10-18(16)24-3)6-8-15(21)14-11-19(25-4)20(26-5)12-17(14)23-2/h6-12H,1-5H3/b8-6+. The van der Waals surface area contributed by atoms with Crippen LogP contribution in [0.15, 0.2) is 41.3 Å². The summed E-state index contributed by atoms with van der Waals surface area (Å²) in [4.78, 5) is 13.6. The van der Waals surface area contributed by atoms with Crippen molar-refractivity contribution in [3.05, 3.63) is 47.5 Å². The fourth-order valence-corrected chi connectivity index (χ4v) is 3.01. The molecule has 0 aliphatic rings. The summed E-state index contributed by atoms with van der Waals surface area (Å²) in [6, 6.07) is 8.95. The average molecular weight is 374 g/mol. The van der Waals surface area contributed by atoms with Crippen LogP contribution in [0.3, 0.4) is 0 Å². The molecule has 0 atom stereocenters. The maximum absolute atomic E-state index is 12.7. The van der Waals surface area contributed by atoms with Gasteiger partial charge in [-0.2, -0.15) is 0 Å². The average Bonchev–Trinajstić information content (AvgIpc) is 2.70. The fraction of sp³-hybridized carbons (Fsp3) is 0.250. The number of thioether (sulfide) groups is 1. The van der Waals surface area contributed by atoms with E-state index in [-0.39, 0.29) is 5.78 Å². The molecule has 138 valence electrons. The van der Waals surface area contributed by atoms with Crippen LogP contribution in [-0.4, -0.2) is 40.5 Å². The third-order valence-electron chi connectivity index (χ3n) is 3.81. The zero-order valence-corrected chi connectivity index (χ0v) is 16.3. The van der Waals surface area contributed by atoms with E-state index in [1.54, 1.807) is 58.8 Å². The molecule has 5 nitrogen and oxygen atoms in total. The SMILES string of the molecule is COc1ccc(/C=C/C(=O)c2cc(OC)c(SC)cc2OC)cc1OC. The molecule has 0 aliphatic heterocycles. The minimum absolute atomic E-state index is 0.178. The molecule has 0 saturated heterocycles. The van der Waals surface area contributed by atoms with Crippen molar-refractivity contribution in [1.29, 1.82) is 0 Å². The maximum atomic E-state index is 12.7. The van der Waals surface area contributed by atoms with Crippen molar-refractivity contribution in [2.45, 2.75) is 4.90 Å². The molecule has 0 spiro atoms. The van der Waals surface area contributed by atoms with Crippen molar-refractivity contribution >= 4 is 23.6 Å². The molecule has 0 bridgehead atoms. The Morgan fingerprint density at radius 1 is 0.846 bits per heavy atom. The summed E-state index contributed by atoms with van der Waals surface area (Å²) in [5, 5.41) is 0. The van der Waals surface area contributed by atoms with Crippen molar-refractivity contribution in [2.24, 2.45) is 0 Å². The van der Waals surface area contributed by atoms with Crippen LogP contribution in [0.1, 0.15) is 15.9 Å². The van der Waals surface area contributed by atoms with Crippen LogP contribution in [0, 0.1) is 0 Å². The molecule has 0 heterocycles. The van der Waals surface area contributed by atoms with Gasteiger partial charge >= 0.3 is 0 Å². The third-order valence-corrected chi connectivity index (χ3v) is 4.56. The number of carbonyl (C=O) groups is 1. The summed E-state index contributed by atoms with van der Waals surface area (Å²) >= 11 is 1.53. The van der Waals surface area contributed by atoms with Crippen molar-refractivity contribution in [1.82, 2.24) is 0 Å². The molecule has 26 heavy (non-hydrogen) atoms. The lowest BCUT2D eigenvalue weighted by Gasteiger charge is -2.12. The van der Waals surface area contributed by atoms with Gasteiger partial charge in [-0.25, -0.2) is 0 Å². The Morgan fingerprint density at radius 2 is 1.50 bits per heavy atom. The van der Waals surface area contributed by atoms with E-state index >= 15 is 0 Å². The van der Waals surface area contributed by atoms with Crippen molar-refractivity contribution in [3.63, 3.8) is 0 Å². The van der Waals surface area contributed by atoms with Crippen LogP contribution in [0.2, 0.25) is 0 Å². The molecule has 2 aromatic carbocycles. The number of rotatable bonds is 8. The molecule has 2 aromatic rings. The first-order valence-electron chi connectivity index (χ1n) is 7.82. The maximum Gasteiger partial charge on any atom is 0.189 e. The smallest absolute Gasteiger partial charge is 0.189 e. The second-order valence-corrected chi connectivity index (χ2v) is 6.07. The molecule has 0 amide bonds. The van der Waals surface area contributed by atoms with E-state index < -0.39 is 0 Å². The van der Waals surface area contributed by atoms with Crippen LogP contribution < -0.4 is 18.9 Å². The molecule has 0 N–H and O–H groups in total. The van der Waals surface area contributed by atoms with Gasteiger partial charge in [0.1, 0.15) is 11.5 Å². The molecule has 6 heteroatoms. The lowest BCUT2D eigenvalue weighted by atomic mass is 10.1. The Balaban J connectivity index is 2.33. The van der Waals surface area contributed by atoms with Gasteiger partial charge in [0, 0.05) is 0 Å². The van der Waals surface area contributed by atoms with Crippen molar-refractivity contribution in [2.75, 3.05) is 34.7 Å². The van der Waals surface area contributed by atoms with Crippen LogP contribution in [-0.2, 0) is 0 Å². The zero-order valence-electron chi connectivity index (χ0n) is 15.5. The molecular formula is C20H22O5S. The quantitative estimate of drug-likeness (QED) is 0.389. The first-order valence-corrected chi connectivity index (χ1v) is 9.04. The molecule has 2 rings (SSSR count). The monoisotopic (exact) mass is 374 g/mol. The van der Waals surface area contributed by atoms with Gasteiger partial charge in [0.25, 0.3) is 0 Å². The highest BCUT2D eigenvalue weighted by atomic mass is 32.2. The van der Waals surface area contributed by atoms with E-state index in [0.29, 0.717) is 28.6 Å². The Labute approximate surface area is 157 Å². The van der Waals surface area contributed by atoms with Crippen LogP contribution in [0.5, 0.6) is 23.0 Å². The second kappa shape index (κ2) is 9.20. The minimum Gasteiger partial charge on any atom is -0.496 e. The Bertz CT molecular complexity index is 814. The molecular weight excluding hydrogens is 352 g/mol. The Kier molecular flexibility index (Phi) is 6.97. The minimum atomic E-state index is -0.178. The highest BCUT2D eigenvalue weighted by Crippen LogP contribution is 2.35. The summed E-state index contributed by atoms with van der Waals surface area (Å²) in [6.45, 7) is 0. The predicted molar refractivity (Wildman–Crippen MR) is 104 cm³/mol. The van der Waals surface area contributed by atoms with Gasteiger partial charge in [-0.05, 0) is 42.2 Å². The molecule has 0 unspecified atom stereocenters. The number of benzene rings is 2. The van der Waals surface area contributed by atoms with Gasteiger partial charge in [0.15, 0.2) is 17.3 Å². The van der Waals surface area contributed by atoms with Gasteiger partial charge in [0.05, 0.1) is 38.9 Å². The second-order valence-electron chi connectivity index (χ2n) is 5.22. The summed E-state index contributed by atoms with van der Waals surface area (Å²) in [6.07, 6.45) is 5.16. The van der Waals surface area contributed by atoms with E-state index in [1.807, 2.05) is 12.3 Å². The molecule has 0 radical (unpaired) electrons. The summed E-state index contributed by atoms with van der Waals surface area (Å²) in [7, 11) is 6.27. The third kappa shape index (κ3) is 4.32. The van der Waals surface area contributed by atoms with E-state index in [4.69, 9.17) is 18.9 Å². The highest BCUT2D eigenvalue weighted by molar-refractivity contribution is 7.98. The number of methoxy groups -OCH3 is 4. The number of carbonyl (C=O) groups excluding carboxylic acids is 1. The number of hydrogen-bond acceptors (Lipinski definition) is 6. The largest absolute Gasteiger partial charge is 0.496 e. The Morgan fingerprint density at radius 3 is 2.08 bits per heavy atom. The van der Waals surface area contributed by atoms with E-state index in [2.05, 4.69) is 0 Å². The number of hydrogen-bond donors (Lipinski definition) is 0. The zero-order chi connectivity index (χ0) is 19.1. The highest BCUT2D eigenvalue weighted by Gasteiger charge is 2.15. The van der Waals surface area contributed by atoms with Gasteiger partial charge in [-0.3, -0.25) is 4.79 Å². The van der Waals surface area contributed by atoms with Crippen LogP contribution in [0.25, 0.3) is 6.08 Å². The van der Waals surface area contributed by atoms with E-state index in [0.717, 1.165) is 10.5 Å². The van der Waals surface area contributed by atoms with E-state index in [1.165, 1.54) is 17.8 Å². The summed E-state index contributed by atoms with van der Waals surface area (Å²) in [5.74, 6) is 2.21. The van der Waals surface area contributed by atoms with Gasteiger partial charge in [-0.15, -0.1) is 11.8 Å². The van der Waals surface area contributed by atoms with Gasteiger partial charge < -0.3 is 18.9 Å². The molecule has 0 saturated carbocycles. The predicted octanol–water partition coefficient (Wildman–Crippen LogP) is 4.34. The number of allylic oxidation sites excluding steroid dienone is 1. The van der Waals surface area contributed by atoms with Crippen molar-refractivity contribution in [3.8, 4) is 23.0 Å². The van der Waals surface area contributed by atoms with Crippen molar-refractivity contribution < 1.29 is 23.7 Å². The van der Waals surface area contributed by atoms with Crippen LogP contribution in [0.4, 0.5) is 0 Å². The molecule has 0 aliphatic carbocycles. The Hall–Kier alpha value is -2.60. The van der Waals surface area contributed by atoms with E-state index in [9.17, 15) is 4.79 Å². The van der Waals surface area contributed by atoms with Crippen LogP contribution >= 0.6 is 11.8 Å². The fourth-order valence-electron chi connectivity index (χ4n) is 2.44. The van der Waals surface area contributed by atoms with Gasteiger partial charge in [0.2, 0.25) is 0 Å². The molecule has 0 fully saturated rings. The lowest BCUT2D eigenvalue weighted by Crippen LogP contribution is -2.01. The van der Waals surface area contributed by atoms with Gasteiger partial charge in [-0.1, -0.05) is 12.1 Å². The number of ketones is 1. The number of ether oxygens (including phenoxy) is 4. The molecule has 0 aromatic heterocycles.